The summed E-state index contributed by atoms with van der Waals surface area (Å²) < 4.78 is 25.5. The largest absolute Gasteiger partial charge is 0.490 e. The minimum absolute atomic E-state index is 0.340. The summed E-state index contributed by atoms with van der Waals surface area (Å²) in [6.07, 6.45) is 2.36. The molecule has 0 spiro atoms. The Hall–Kier alpha value is -2.60. The molecule has 1 saturated heterocycles. The number of ether oxygens (including phenoxy) is 2. The lowest BCUT2D eigenvalue weighted by atomic mass is 9.91. The van der Waals surface area contributed by atoms with Crippen LogP contribution < -0.4 is 9.47 Å². The number of carbonyl (C=O) groups is 1. The summed E-state index contributed by atoms with van der Waals surface area (Å²) in [7, 11) is 0. The highest BCUT2D eigenvalue weighted by Crippen LogP contribution is 2.38. The van der Waals surface area contributed by atoms with E-state index >= 15 is 0 Å². The number of piperidine rings is 1. The van der Waals surface area contributed by atoms with E-state index in [-0.39, 0.29) is 11.9 Å². The molecule has 0 aromatic heterocycles. The van der Waals surface area contributed by atoms with Gasteiger partial charge in [-0.1, -0.05) is 24.6 Å². The number of halogens is 1. The summed E-state index contributed by atoms with van der Waals surface area (Å²) in [5, 5.41) is 9.80. The molecule has 1 heterocycles. The van der Waals surface area contributed by atoms with Crippen molar-refractivity contribution in [1.82, 2.24) is 4.90 Å². The summed E-state index contributed by atoms with van der Waals surface area (Å²) in [6, 6.07) is 11.0. The molecule has 0 saturated carbocycles. The first kappa shape index (κ1) is 21.1. The molecule has 0 aliphatic carbocycles. The predicted octanol–water partition coefficient (Wildman–Crippen LogP) is 4.65. The van der Waals surface area contributed by atoms with Crippen LogP contribution >= 0.6 is 0 Å². The molecule has 1 aliphatic heterocycles. The monoisotopic (exact) mass is 401 g/mol. The van der Waals surface area contributed by atoms with Gasteiger partial charge in [-0.3, -0.25) is 9.69 Å². The minimum atomic E-state index is -0.845. The predicted molar refractivity (Wildman–Crippen MR) is 109 cm³/mol. The summed E-state index contributed by atoms with van der Waals surface area (Å²) in [5.41, 5.74) is 1.58. The molecule has 0 bridgehead atoms. The molecule has 1 N–H and O–H groups in total. The van der Waals surface area contributed by atoms with E-state index in [0.717, 1.165) is 24.0 Å². The topological polar surface area (TPSA) is 59.0 Å². The van der Waals surface area contributed by atoms with Crippen molar-refractivity contribution in [3.05, 3.63) is 59.4 Å². The molecule has 1 aliphatic rings. The standard InChI is InChI=1S/C23H28FNO4/c1-3-28-20-12-11-17(15-21(20)29-4-2)22(16-8-7-9-18(24)14-16)25-13-6-5-10-19(25)23(26)27/h7-9,11-12,14-15,19,22H,3-6,10,13H2,1-2H3,(H,26,27). The maximum Gasteiger partial charge on any atom is 0.320 e. The maximum absolute atomic E-state index is 14.1. The minimum Gasteiger partial charge on any atom is -0.490 e. The molecule has 2 aromatic rings. The van der Waals surface area contributed by atoms with Gasteiger partial charge in [-0.15, -0.1) is 0 Å². The van der Waals surface area contributed by atoms with Gasteiger partial charge >= 0.3 is 5.97 Å². The van der Waals surface area contributed by atoms with Crippen molar-refractivity contribution in [2.45, 2.75) is 45.2 Å². The average molecular weight is 401 g/mol. The first-order valence-electron chi connectivity index (χ1n) is 10.2. The van der Waals surface area contributed by atoms with E-state index < -0.39 is 12.0 Å². The van der Waals surface area contributed by atoms with Crippen LogP contribution in [-0.4, -0.2) is 41.8 Å². The lowest BCUT2D eigenvalue weighted by molar-refractivity contribution is -0.145. The van der Waals surface area contributed by atoms with E-state index in [4.69, 9.17) is 9.47 Å². The highest BCUT2D eigenvalue weighted by Gasteiger charge is 2.35. The Bertz CT molecular complexity index is 841. The van der Waals surface area contributed by atoms with E-state index in [9.17, 15) is 14.3 Å². The molecule has 0 amide bonds. The molecular formula is C23H28FNO4. The summed E-state index contributed by atoms with van der Waals surface area (Å²) in [5.74, 6) is 0.0658. The fourth-order valence-corrected chi connectivity index (χ4v) is 4.02. The molecule has 0 radical (unpaired) electrons. The molecule has 2 unspecified atom stereocenters. The molecule has 6 heteroatoms. The smallest absolute Gasteiger partial charge is 0.320 e. The third-order valence-electron chi connectivity index (χ3n) is 5.21. The Kier molecular flexibility index (Phi) is 7.09. The van der Waals surface area contributed by atoms with Gasteiger partial charge in [0.15, 0.2) is 11.5 Å². The van der Waals surface area contributed by atoms with E-state index in [2.05, 4.69) is 0 Å². The van der Waals surface area contributed by atoms with Crippen LogP contribution in [0.4, 0.5) is 4.39 Å². The lowest BCUT2D eigenvalue weighted by Crippen LogP contribution is -2.46. The van der Waals surface area contributed by atoms with Gasteiger partial charge < -0.3 is 14.6 Å². The summed E-state index contributed by atoms with van der Waals surface area (Å²) >= 11 is 0. The molecule has 29 heavy (non-hydrogen) atoms. The fraction of sp³-hybridized carbons (Fsp3) is 0.435. The molecule has 156 valence electrons. The average Bonchev–Trinajstić information content (AvgIpc) is 2.71. The van der Waals surface area contributed by atoms with Crippen molar-refractivity contribution in [3.8, 4) is 11.5 Å². The number of benzene rings is 2. The fourth-order valence-electron chi connectivity index (χ4n) is 4.02. The van der Waals surface area contributed by atoms with Gasteiger partial charge in [0.25, 0.3) is 0 Å². The Labute approximate surface area is 171 Å². The van der Waals surface area contributed by atoms with Gasteiger partial charge in [0.2, 0.25) is 0 Å². The van der Waals surface area contributed by atoms with Crippen LogP contribution in [0.1, 0.15) is 50.3 Å². The van der Waals surface area contributed by atoms with Gasteiger partial charge in [0.05, 0.1) is 19.3 Å². The quantitative estimate of drug-likeness (QED) is 0.698. The Morgan fingerprint density at radius 3 is 2.52 bits per heavy atom. The zero-order valence-electron chi connectivity index (χ0n) is 16.9. The highest BCUT2D eigenvalue weighted by molar-refractivity contribution is 5.73. The van der Waals surface area contributed by atoms with Crippen LogP contribution in [0.2, 0.25) is 0 Å². The van der Waals surface area contributed by atoms with E-state index in [1.807, 2.05) is 43.0 Å². The Morgan fingerprint density at radius 2 is 1.83 bits per heavy atom. The van der Waals surface area contributed by atoms with Gasteiger partial charge in [-0.25, -0.2) is 4.39 Å². The van der Waals surface area contributed by atoms with E-state index in [0.29, 0.717) is 37.7 Å². The second kappa shape index (κ2) is 9.74. The first-order chi connectivity index (χ1) is 14.0. The SMILES string of the molecule is CCOc1ccc(C(c2cccc(F)c2)N2CCCCC2C(=O)O)cc1OCC. The molecule has 1 fully saturated rings. The second-order valence-electron chi connectivity index (χ2n) is 7.12. The van der Waals surface area contributed by atoms with E-state index in [1.165, 1.54) is 12.1 Å². The van der Waals surface area contributed by atoms with Crippen LogP contribution in [0.3, 0.4) is 0 Å². The van der Waals surface area contributed by atoms with Crippen molar-refractivity contribution in [3.63, 3.8) is 0 Å². The summed E-state index contributed by atoms with van der Waals surface area (Å²) in [4.78, 5) is 13.9. The number of hydrogen-bond donors (Lipinski definition) is 1. The maximum atomic E-state index is 14.1. The number of hydrogen-bond acceptors (Lipinski definition) is 4. The van der Waals surface area contributed by atoms with Crippen LogP contribution in [0.25, 0.3) is 0 Å². The van der Waals surface area contributed by atoms with Crippen molar-refractivity contribution in [1.29, 1.82) is 0 Å². The molecule has 2 atom stereocenters. The van der Waals surface area contributed by atoms with E-state index in [1.54, 1.807) is 6.07 Å². The van der Waals surface area contributed by atoms with Crippen molar-refractivity contribution >= 4 is 5.97 Å². The zero-order valence-corrected chi connectivity index (χ0v) is 16.9. The third-order valence-corrected chi connectivity index (χ3v) is 5.21. The summed E-state index contributed by atoms with van der Waals surface area (Å²) in [6.45, 7) is 5.44. The first-order valence-corrected chi connectivity index (χ1v) is 10.2. The third kappa shape index (κ3) is 4.88. The normalized spacial score (nSPS) is 18.2. The molecule has 3 rings (SSSR count). The van der Waals surface area contributed by atoms with Gasteiger partial charge in [-0.2, -0.15) is 0 Å². The van der Waals surface area contributed by atoms with Crippen molar-refractivity contribution in [2.75, 3.05) is 19.8 Å². The number of likely N-dealkylation sites (tertiary alicyclic amines) is 1. The number of aliphatic carboxylic acids is 1. The van der Waals surface area contributed by atoms with Gasteiger partial charge in [0.1, 0.15) is 11.9 Å². The van der Waals surface area contributed by atoms with Crippen molar-refractivity contribution < 1.29 is 23.8 Å². The number of carboxylic acid groups (broad SMARTS) is 1. The van der Waals surface area contributed by atoms with Crippen molar-refractivity contribution in [2.24, 2.45) is 0 Å². The number of nitrogens with zero attached hydrogens (tertiary/aromatic N) is 1. The van der Waals surface area contributed by atoms with Crippen LogP contribution in [-0.2, 0) is 4.79 Å². The zero-order chi connectivity index (χ0) is 20.8. The molecular weight excluding hydrogens is 373 g/mol. The van der Waals surface area contributed by atoms with Crippen LogP contribution in [0, 0.1) is 5.82 Å². The molecule has 5 nitrogen and oxygen atoms in total. The Balaban J connectivity index is 2.10. The van der Waals surface area contributed by atoms with Gasteiger partial charge in [-0.05, 0) is 68.6 Å². The van der Waals surface area contributed by atoms with Crippen LogP contribution in [0.5, 0.6) is 11.5 Å². The second-order valence-corrected chi connectivity index (χ2v) is 7.12. The Morgan fingerprint density at radius 1 is 1.10 bits per heavy atom. The highest BCUT2D eigenvalue weighted by atomic mass is 19.1. The van der Waals surface area contributed by atoms with Gasteiger partial charge in [0, 0.05) is 0 Å². The number of carboxylic acids is 1. The number of rotatable bonds is 8. The molecule has 2 aromatic carbocycles. The van der Waals surface area contributed by atoms with Crippen LogP contribution in [0.15, 0.2) is 42.5 Å². The lowest BCUT2D eigenvalue weighted by Gasteiger charge is -2.39.